The van der Waals surface area contributed by atoms with E-state index in [1.54, 1.807) is 0 Å². The van der Waals surface area contributed by atoms with Crippen LogP contribution in [0.4, 0.5) is 0 Å². The topological polar surface area (TPSA) is 23.9 Å². The van der Waals surface area contributed by atoms with Crippen LogP contribution in [0.25, 0.3) is 0 Å². The van der Waals surface area contributed by atoms with Gasteiger partial charge in [-0.3, -0.25) is 0 Å². The molecular weight excluding hydrogens is 146 g/mol. The summed E-state index contributed by atoms with van der Waals surface area (Å²) >= 11 is 0. The molecule has 1 heteroatoms. The largest absolute Gasteiger partial charge is 0.305 e. The van der Waals surface area contributed by atoms with E-state index in [2.05, 4.69) is 6.58 Å². The van der Waals surface area contributed by atoms with E-state index in [0.29, 0.717) is 12.1 Å². The summed E-state index contributed by atoms with van der Waals surface area (Å²) in [5.74, 6) is 0. The second kappa shape index (κ2) is 3.86. The van der Waals surface area contributed by atoms with Crippen molar-refractivity contribution in [2.45, 2.75) is 13.3 Å². The molecule has 0 radical (unpaired) electrons. The molecule has 0 atom stereocenters. The van der Waals surface area contributed by atoms with Crippen LogP contribution in [0.5, 0.6) is 0 Å². The molecule has 12 heavy (non-hydrogen) atoms. The molecule has 0 bridgehead atoms. The first-order valence-corrected chi connectivity index (χ1v) is 3.97. The minimum Gasteiger partial charge on any atom is -0.305 e. The van der Waals surface area contributed by atoms with Crippen LogP contribution in [0.3, 0.4) is 0 Å². The van der Waals surface area contributed by atoms with Crippen molar-refractivity contribution in [2.75, 3.05) is 0 Å². The first-order valence-electron chi connectivity index (χ1n) is 3.97. The molecule has 0 aliphatic heterocycles. The zero-order valence-electron chi connectivity index (χ0n) is 7.30. The fourth-order valence-electron chi connectivity index (χ4n) is 0.951. The Labute approximate surface area is 73.3 Å². The van der Waals surface area contributed by atoms with Crippen LogP contribution < -0.4 is 0 Å². The van der Waals surface area contributed by atoms with Crippen molar-refractivity contribution in [3.63, 3.8) is 0 Å². The van der Waals surface area contributed by atoms with Crippen LogP contribution in [-0.2, 0) is 6.42 Å². The summed E-state index contributed by atoms with van der Waals surface area (Å²) in [5.41, 5.74) is 2.63. The molecule has 1 nitrogen and oxygen atoms in total. The van der Waals surface area contributed by atoms with Gasteiger partial charge in [0.25, 0.3) is 0 Å². The standard InChI is InChI=1S/C11H13N/c1-9(2)11(12)8-10-6-4-3-5-7-10/h3-7,12H,1,8H2,2H3. The van der Waals surface area contributed by atoms with Crippen LogP contribution >= 0.6 is 0 Å². The van der Waals surface area contributed by atoms with Gasteiger partial charge in [0.2, 0.25) is 0 Å². The number of benzene rings is 1. The number of rotatable bonds is 3. The number of allylic oxidation sites excluding steroid dienone is 1. The second-order valence-electron chi connectivity index (χ2n) is 2.92. The quantitative estimate of drug-likeness (QED) is 0.656. The van der Waals surface area contributed by atoms with Crippen LogP contribution in [0.1, 0.15) is 12.5 Å². The smallest absolute Gasteiger partial charge is 0.0380 e. The third-order valence-electron chi connectivity index (χ3n) is 1.74. The van der Waals surface area contributed by atoms with Gasteiger partial charge in [0, 0.05) is 12.1 Å². The first kappa shape index (κ1) is 8.72. The average Bonchev–Trinajstić information content (AvgIpc) is 2.06. The van der Waals surface area contributed by atoms with Crippen molar-refractivity contribution < 1.29 is 0 Å². The van der Waals surface area contributed by atoms with Gasteiger partial charge in [-0.15, -0.1) is 0 Å². The molecule has 1 aromatic carbocycles. The van der Waals surface area contributed by atoms with E-state index < -0.39 is 0 Å². The molecule has 0 fully saturated rings. The van der Waals surface area contributed by atoms with Crippen LogP contribution in [0.2, 0.25) is 0 Å². The van der Waals surface area contributed by atoms with Gasteiger partial charge in [-0.05, 0) is 18.1 Å². The lowest BCUT2D eigenvalue weighted by Gasteiger charge is -2.01. The molecule has 1 aromatic rings. The predicted octanol–water partition coefficient (Wildman–Crippen LogP) is 2.82. The van der Waals surface area contributed by atoms with E-state index in [9.17, 15) is 0 Å². The Kier molecular flexibility index (Phi) is 2.81. The highest BCUT2D eigenvalue weighted by molar-refractivity contribution is 5.97. The van der Waals surface area contributed by atoms with E-state index in [4.69, 9.17) is 5.41 Å². The lowest BCUT2D eigenvalue weighted by atomic mass is 10.0. The highest BCUT2D eigenvalue weighted by atomic mass is 14.4. The molecule has 0 aromatic heterocycles. The van der Waals surface area contributed by atoms with Gasteiger partial charge in [-0.2, -0.15) is 0 Å². The van der Waals surface area contributed by atoms with Crippen LogP contribution in [-0.4, -0.2) is 5.71 Å². The van der Waals surface area contributed by atoms with E-state index in [0.717, 1.165) is 5.57 Å². The Morgan fingerprint density at radius 1 is 1.33 bits per heavy atom. The minimum absolute atomic E-state index is 0.612. The van der Waals surface area contributed by atoms with Gasteiger partial charge >= 0.3 is 0 Å². The summed E-state index contributed by atoms with van der Waals surface area (Å²) in [6, 6.07) is 10.0. The van der Waals surface area contributed by atoms with Crippen LogP contribution in [0.15, 0.2) is 42.5 Å². The SMILES string of the molecule is C=C(C)C(=N)Cc1ccccc1. The summed E-state index contributed by atoms with van der Waals surface area (Å²) in [5, 5.41) is 7.58. The Morgan fingerprint density at radius 3 is 2.42 bits per heavy atom. The summed E-state index contributed by atoms with van der Waals surface area (Å²) in [4.78, 5) is 0. The van der Waals surface area contributed by atoms with E-state index >= 15 is 0 Å². The summed E-state index contributed by atoms with van der Waals surface area (Å²) in [6.07, 6.45) is 0.691. The number of hydrogen-bond acceptors (Lipinski definition) is 1. The fourth-order valence-corrected chi connectivity index (χ4v) is 0.951. The molecule has 1 N–H and O–H groups in total. The molecule has 0 saturated carbocycles. The summed E-state index contributed by atoms with van der Waals surface area (Å²) < 4.78 is 0. The first-order chi connectivity index (χ1) is 5.70. The van der Waals surface area contributed by atoms with Crippen molar-refractivity contribution in [1.29, 1.82) is 5.41 Å². The van der Waals surface area contributed by atoms with Gasteiger partial charge in [-0.25, -0.2) is 0 Å². The fraction of sp³-hybridized carbons (Fsp3) is 0.182. The zero-order valence-corrected chi connectivity index (χ0v) is 7.30. The van der Waals surface area contributed by atoms with Crippen molar-refractivity contribution in [3.05, 3.63) is 48.0 Å². The number of hydrogen-bond donors (Lipinski definition) is 1. The lowest BCUT2D eigenvalue weighted by molar-refractivity contribution is 1.26. The molecule has 1 rings (SSSR count). The lowest BCUT2D eigenvalue weighted by Crippen LogP contribution is -2.01. The highest BCUT2D eigenvalue weighted by Crippen LogP contribution is 2.03. The molecule has 0 heterocycles. The second-order valence-corrected chi connectivity index (χ2v) is 2.92. The predicted molar refractivity (Wildman–Crippen MR) is 52.7 cm³/mol. The van der Waals surface area contributed by atoms with Gasteiger partial charge in [0.05, 0.1) is 0 Å². The molecule has 0 aliphatic carbocycles. The van der Waals surface area contributed by atoms with Gasteiger partial charge in [0.15, 0.2) is 0 Å². The Hall–Kier alpha value is -1.37. The molecule has 0 aliphatic rings. The average molecular weight is 159 g/mol. The maximum Gasteiger partial charge on any atom is 0.0380 e. The highest BCUT2D eigenvalue weighted by Gasteiger charge is 1.98. The van der Waals surface area contributed by atoms with Gasteiger partial charge in [0.1, 0.15) is 0 Å². The van der Waals surface area contributed by atoms with Crippen molar-refractivity contribution in [2.24, 2.45) is 0 Å². The maximum absolute atomic E-state index is 7.58. The summed E-state index contributed by atoms with van der Waals surface area (Å²) in [7, 11) is 0. The van der Waals surface area contributed by atoms with Crippen molar-refractivity contribution >= 4 is 5.71 Å². The Bertz CT molecular complexity index is 285. The van der Waals surface area contributed by atoms with Crippen molar-refractivity contribution in [1.82, 2.24) is 0 Å². The van der Waals surface area contributed by atoms with Crippen molar-refractivity contribution in [3.8, 4) is 0 Å². The minimum atomic E-state index is 0.612. The van der Waals surface area contributed by atoms with E-state index in [1.807, 2.05) is 37.3 Å². The molecule has 0 unspecified atom stereocenters. The third-order valence-corrected chi connectivity index (χ3v) is 1.74. The van der Waals surface area contributed by atoms with Crippen LogP contribution in [0, 0.1) is 5.41 Å². The number of nitrogens with one attached hydrogen (secondary N) is 1. The normalized spacial score (nSPS) is 9.42. The monoisotopic (exact) mass is 159 g/mol. The third kappa shape index (κ3) is 2.35. The molecule has 62 valence electrons. The maximum atomic E-state index is 7.58. The summed E-state index contributed by atoms with van der Waals surface area (Å²) in [6.45, 7) is 5.59. The molecular formula is C11H13N. The van der Waals surface area contributed by atoms with Gasteiger partial charge in [-0.1, -0.05) is 36.9 Å². The molecule has 0 spiro atoms. The molecule has 0 amide bonds. The van der Waals surface area contributed by atoms with Gasteiger partial charge < -0.3 is 5.41 Å². The van der Waals surface area contributed by atoms with E-state index in [1.165, 1.54) is 5.56 Å². The molecule has 0 saturated heterocycles. The Morgan fingerprint density at radius 2 is 1.92 bits per heavy atom. The van der Waals surface area contributed by atoms with E-state index in [-0.39, 0.29) is 0 Å². The zero-order chi connectivity index (χ0) is 8.97. The Balaban J connectivity index is 2.65.